The molecule has 0 saturated carbocycles. The van der Waals surface area contributed by atoms with Crippen molar-refractivity contribution in [3.05, 3.63) is 47.1 Å². The van der Waals surface area contributed by atoms with E-state index in [2.05, 4.69) is 96.8 Å². The average Bonchev–Trinajstić information content (AvgIpc) is 3.35. The first-order valence-electron chi connectivity index (χ1n) is 11.5. The van der Waals surface area contributed by atoms with Crippen LogP contribution in [0.2, 0.25) is 0 Å². The molecular formula is C26H32N6S. The van der Waals surface area contributed by atoms with Crippen LogP contribution in [0.1, 0.15) is 51.0 Å². The fourth-order valence-electron chi connectivity index (χ4n) is 5.48. The van der Waals surface area contributed by atoms with Crippen molar-refractivity contribution in [1.82, 2.24) is 25.7 Å². The number of thiophene rings is 1. The number of nitrogens with zero attached hydrogens (tertiary/aromatic N) is 3. The van der Waals surface area contributed by atoms with E-state index >= 15 is 0 Å². The van der Waals surface area contributed by atoms with Crippen LogP contribution in [0.15, 0.2) is 36.7 Å². The molecule has 3 N–H and O–H groups in total. The maximum atomic E-state index is 4.66. The molecule has 0 aliphatic carbocycles. The molecule has 5 rings (SSSR count). The summed E-state index contributed by atoms with van der Waals surface area (Å²) >= 11 is 1.80. The van der Waals surface area contributed by atoms with E-state index in [1.54, 1.807) is 11.3 Å². The Labute approximate surface area is 199 Å². The van der Waals surface area contributed by atoms with Crippen LogP contribution >= 0.6 is 11.3 Å². The highest BCUT2D eigenvalue weighted by Crippen LogP contribution is 2.40. The molecule has 1 aromatic carbocycles. The zero-order valence-electron chi connectivity index (χ0n) is 20.2. The minimum absolute atomic E-state index is 0.0834. The SMILES string of the molecule is Cc1cc2c(-c3cn[nH]c3)ccc(-c3cc(C)c(NC4CC(C)(C)NC(C)(C)C4)nn3)c2s1. The normalized spacial score (nSPS) is 18.0. The molecule has 1 saturated heterocycles. The summed E-state index contributed by atoms with van der Waals surface area (Å²) in [5.41, 5.74) is 5.61. The van der Waals surface area contributed by atoms with Crippen LogP contribution in [0.5, 0.6) is 0 Å². The first kappa shape index (κ1) is 22.0. The number of nitrogens with one attached hydrogen (secondary N) is 3. The summed E-state index contributed by atoms with van der Waals surface area (Å²) < 4.78 is 1.24. The lowest BCUT2D eigenvalue weighted by atomic mass is 9.79. The molecule has 0 atom stereocenters. The number of aryl methyl sites for hydroxylation is 2. The summed E-state index contributed by atoms with van der Waals surface area (Å²) in [7, 11) is 0. The minimum Gasteiger partial charge on any atom is -0.365 e. The molecule has 1 fully saturated rings. The van der Waals surface area contributed by atoms with Gasteiger partial charge < -0.3 is 10.6 Å². The summed E-state index contributed by atoms with van der Waals surface area (Å²) in [5.74, 6) is 0.880. The van der Waals surface area contributed by atoms with E-state index in [1.807, 2.05) is 12.4 Å². The first-order chi connectivity index (χ1) is 15.6. The summed E-state index contributed by atoms with van der Waals surface area (Å²) in [5, 5.41) is 25.0. The number of hydrogen-bond donors (Lipinski definition) is 3. The van der Waals surface area contributed by atoms with Gasteiger partial charge in [0.05, 0.1) is 11.9 Å². The van der Waals surface area contributed by atoms with Crippen molar-refractivity contribution in [1.29, 1.82) is 0 Å². The number of hydrogen-bond acceptors (Lipinski definition) is 6. The average molecular weight is 461 g/mol. The molecule has 6 nitrogen and oxygen atoms in total. The van der Waals surface area contributed by atoms with Crippen LogP contribution in [0, 0.1) is 13.8 Å². The molecule has 172 valence electrons. The van der Waals surface area contributed by atoms with Crippen LogP contribution in [0.4, 0.5) is 5.82 Å². The van der Waals surface area contributed by atoms with E-state index in [0.29, 0.717) is 6.04 Å². The Hall–Kier alpha value is -2.77. The second-order valence-electron chi connectivity index (χ2n) is 10.7. The molecular weight excluding hydrogens is 428 g/mol. The van der Waals surface area contributed by atoms with Gasteiger partial charge in [-0.15, -0.1) is 21.5 Å². The van der Waals surface area contributed by atoms with Gasteiger partial charge >= 0.3 is 0 Å². The standard InChI is InChI=1S/C26H32N6S/c1-15-9-22(30-31-24(15)29-18-11-25(3,4)32-26(5,6)12-18)20-8-7-19(17-13-27-28-14-17)21-10-16(2)33-23(20)21/h7-10,13-14,18,32H,11-12H2,1-6H3,(H,27,28)(H,29,31). The van der Waals surface area contributed by atoms with E-state index in [1.165, 1.54) is 20.5 Å². The van der Waals surface area contributed by atoms with Gasteiger partial charge in [-0.2, -0.15) is 5.10 Å². The summed E-state index contributed by atoms with van der Waals surface area (Å²) in [6, 6.07) is 9.10. The Balaban J connectivity index is 1.47. The maximum absolute atomic E-state index is 4.66. The van der Waals surface area contributed by atoms with Crippen LogP contribution < -0.4 is 10.6 Å². The van der Waals surface area contributed by atoms with E-state index in [0.717, 1.165) is 41.0 Å². The van der Waals surface area contributed by atoms with Crippen LogP contribution in [0.3, 0.4) is 0 Å². The van der Waals surface area contributed by atoms with Crippen LogP contribution in [-0.2, 0) is 0 Å². The van der Waals surface area contributed by atoms with E-state index in [4.69, 9.17) is 0 Å². The van der Waals surface area contributed by atoms with Gasteiger partial charge in [-0.05, 0) is 77.6 Å². The molecule has 0 amide bonds. The Morgan fingerprint density at radius 1 is 1.00 bits per heavy atom. The number of fused-ring (bicyclic) bond motifs is 1. The molecule has 4 aromatic rings. The second kappa shape index (κ2) is 7.92. The third-order valence-electron chi connectivity index (χ3n) is 6.41. The zero-order valence-corrected chi connectivity index (χ0v) is 21.0. The number of anilines is 1. The van der Waals surface area contributed by atoms with Gasteiger partial charge in [-0.3, -0.25) is 5.10 Å². The van der Waals surface area contributed by atoms with Crippen molar-refractivity contribution in [3.63, 3.8) is 0 Å². The summed E-state index contributed by atoms with van der Waals surface area (Å²) in [6.07, 6.45) is 5.90. The monoisotopic (exact) mass is 460 g/mol. The Morgan fingerprint density at radius 2 is 1.73 bits per heavy atom. The highest BCUT2D eigenvalue weighted by Gasteiger charge is 2.37. The van der Waals surface area contributed by atoms with Gasteiger partial charge in [-0.25, -0.2) is 0 Å². The number of benzene rings is 1. The predicted octanol–water partition coefficient (Wildman–Crippen LogP) is 6.09. The quantitative estimate of drug-likeness (QED) is 0.344. The van der Waals surface area contributed by atoms with Crippen molar-refractivity contribution in [3.8, 4) is 22.4 Å². The van der Waals surface area contributed by atoms with Gasteiger partial charge in [0.25, 0.3) is 0 Å². The highest BCUT2D eigenvalue weighted by molar-refractivity contribution is 7.19. The van der Waals surface area contributed by atoms with Crippen molar-refractivity contribution >= 4 is 27.2 Å². The van der Waals surface area contributed by atoms with Crippen molar-refractivity contribution in [2.24, 2.45) is 0 Å². The van der Waals surface area contributed by atoms with Gasteiger partial charge in [-0.1, -0.05) is 12.1 Å². The molecule has 0 bridgehead atoms. The minimum atomic E-state index is 0.0834. The number of piperidine rings is 1. The van der Waals surface area contributed by atoms with E-state index in [-0.39, 0.29) is 11.1 Å². The van der Waals surface area contributed by atoms with Gasteiger partial charge in [0, 0.05) is 49.4 Å². The Morgan fingerprint density at radius 3 is 2.39 bits per heavy atom. The molecule has 1 aliphatic rings. The molecule has 33 heavy (non-hydrogen) atoms. The number of H-pyrrole nitrogens is 1. The van der Waals surface area contributed by atoms with E-state index in [9.17, 15) is 0 Å². The molecule has 1 aliphatic heterocycles. The Kier molecular flexibility index (Phi) is 5.29. The molecule has 0 spiro atoms. The second-order valence-corrected chi connectivity index (χ2v) is 11.9. The highest BCUT2D eigenvalue weighted by atomic mass is 32.1. The molecule has 4 heterocycles. The molecule has 0 radical (unpaired) electrons. The van der Waals surface area contributed by atoms with Crippen LogP contribution in [0.25, 0.3) is 32.5 Å². The lowest BCUT2D eigenvalue weighted by Gasteiger charge is -2.46. The summed E-state index contributed by atoms with van der Waals surface area (Å²) in [4.78, 5) is 1.28. The molecule has 3 aromatic heterocycles. The number of aromatic nitrogens is 4. The molecule has 0 unspecified atom stereocenters. The van der Waals surface area contributed by atoms with Gasteiger partial charge in [0.15, 0.2) is 5.82 Å². The Bertz CT molecular complexity index is 1290. The maximum Gasteiger partial charge on any atom is 0.151 e. The fourth-order valence-corrected chi connectivity index (χ4v) is 6.54. The van der Waals surface area contributed by atoms with Crippen molar-refractivity contribution in [2.75, 3.05) is 5.32 Å². The lowest BCUT2D eigenvalue weighted by Crippen LogP contribution is -2.60. The smallest absolute Gasteiger partial charge is 0.151 e. The van der Waals surface area contributed by atoms with Crippen molar-refractivity contribution in [2.45, 2.75) is 71.5 Å². The van der Waals surface area contributed by atoms with Crippen molar-refractivity contribution < 1.29 is 0 Å². The fraction of sp³-hybridized carbons (Fsp3) is 0.423. The first-order valence-corrected chi connectivity index (χ1v) is 12.3. The molecule has 7 heteroatoms. The number of aromatic amines is 1. The van der Waals surface area contributed by atoms with Crippen LogP contribution in [-0.4, -0.2) is 37.5 Å². The number of rotatable bonds is 4. The van der Waals surface area contributed by atoms with Gasteiger partial charge in [0.1, 0.15) is 0 Å². The topological polar surface area (TPSA) is 78.5 Å². The largest absolute Gasteiger partial charge is 0.365 e. The zero-order chi connectivity index (χ0) is 23.4. The third-order valence-corrected chi connectivity index (χ3v) is 7.49. The lowest BCUT2D eigenvalue weighted by molar-refractivity contribution is 0.170. The predicted molar refractivity (Wildman–Crippen MR) is 138 cm³/mol. The summed E-state index contributed by atoms with van der Waals surface area (Å²) in [6.45, 7) is 13.4. The third kappa shape index (κ3) is 4.39. The van der Waals surface area contributed by atoms with E-state index < -0.39 is 0 Å². The van der Waals surface area contributed by atoms with Gasteiger partial charge in [0.2, 0.25) is 0 Å².